The Morgan fingerprint density at radius 3 is 2.50 bits per heavy atom. The van der Waals surface area contributed by atoms with Crippen molar-refractivity contribution in [1.29, 1.82) is 0 Å². The minimum absolute atomic E-state index is 0.0536. The molecule has 0 bridgehead atoms. The van der Waals surface area contributed by atoms with Crippen LogP contribution in [0.4, 0.5) is 15.2 Å². The summed E-state index contributed by atoms with van der Waals surface area (Å²) in [6.07, 6.45) is 0.841. The number of carbonyl (C=O) groups is 2. The lowest BCUT2D eigenvalue weighted by Crippen LogP contribution is -2.49. The Bertz CT molecular complexity index is 1100. The van der Waals surface area contributed by atoms with Crippen LogP contribution >= 0.6 is 22.9 Å². The maximum atomic E-state index is 14.0. The largest absolute Gasteiger partial charge is 0.366 e. The van der Waals surface area contributed by atoms with E-state index in [1.54, 1.807) is 36.4 Å². The maximum absolute atomic E-state index is 14.0. The molecule has 2 amide bonds. The molecule has 9 heteroatoms. The van der Waals surface area contributed by atoms with Gasteiger partial charge in [0.05, 0.1) is 11.4 Å². The van der Waals surface area contributed by atoms with Crippen LogP contribution < -0.4 is 10.2 Å². The summed E-state index contributed by atoms with van der Waals surface area (Å²) >= 11 is 7.17. The SMILES string of the molecule is O=C(Nc1nc(CCC(=O)N2CCN(c3ccccc3F)CC2)cs1)c1ccc(Cl)cc1. The average Bonchev–Trinajstić information content (AvgIpc) is 3.25. The van der Waals surface area contributed by atoms with Gasteiger partial charge < -0.3 is 9.80 Å². The number of piperazine rings is 1. The zero-order valence-corrected chi connectivity index (χ0v) is 18.8. The van der Waals surface area contributed by atoms with Gasteiger partial charge in [0.2, 0.25) is 5.91 Å². The van der Waals surface area contributed by atoms with Crippen LogP contribution in [0, 0.1) is 5.82 Å². The number of anilines is 2. The lowest BCUT2D eigenvalue weighted by molar-refractivity contribution is -0.131. The van der Waals surface area contributed by atoms with E-state index in [2.05, 4.69) is 10.3 Å². The molecule has 166 valence electrons. The van der Waals surface area contributed by atoms with Gasteiger partial charge in [-0.2, -0.15) is 0 Å². The van der Waals surface area contributed by atoms with Gasteiger partial charge in [0.1, 0.15) is 5.82 Å². The standard InChI is InChI=1S/C23H22ClFN4O2S/c24-17-7-5-16(6-8-17)22(31)27-23-26-18(15-32-23)9-10-21(30)29-13-11-28(12-14-29)20-4-2-1-3-19(20)25/h1-8,15H,9-14H2,(H,26,27,31). The summed E-state index contributed by atoms with van der Waals surface area (Å²) in [5, 5.41) is 5.67. The predicted octanol–water partition coefficient (Wildman–Crippen LogP) is 4.47. The van der Waals surface area contributed by atoms with Crippen molar-refractivity contribution in [3.05, 3.63) is 76.0 Å². The molecule has 1 saturated heterocycles. The number of nitrogens with zero attached hydrogens (tertiary/aromatic N) is 3. The summed E-state index contributed by atoms with van der Waals surface area (Å²) in [6.45, 7) is 2.33. The lowest BCUT2D eigenvalue weighted by atomic mass is 10.2. The summed E-state index contributed by atoms with van der Waals surface area (Å²) in [4.78, 5) is 33.1. The molecule has 3 aromatic rings. The average molecular weight is 473 g/mol. The maximum Gasteiger partial charge on any atom is 0.257 e. The van der Waals surface area contributed by atoms with Crippen LogP contribution in [0.25, 0.3) is 0 Å². The van der Waals surface area contributed by atoms with E-state index in [4.69, 9.17) is 11.6 Å². The molecule has 6 nitrogen and oxygen atoms in total. The molecule has 2 heterocycles. The number of thiazole rings is 1. The second kappa shape index (κ2) is 10.1. The Kier molecular flexibility index (Phi) is 7.02. The molecule has 0 unspecified atom stereocenters. The van der Waals surface area contributed by atoms with Crippen molar-refractivity contribution in [2.45, 2.75) is 12.8 Å². The van der Waals surface area contributed by atoms with Gasteiger partial charge in [-0.15, -0.1) is 11.3 Å². The number of benzene rings is 2. The molecule has 0 radical (unpaired) electrons. The fraction of sp³-hybridized carbons (Fsp3) is 0.261. The molecule has 32 heavy (non-hydrogen) atoms. The molecule has 1 aliphatic rings. The van der Waals surface area contributed by atoms with Crippen LogP contribution in [0.15, 0.2) is 53.9 Å². The molecule has 0 aliphatic carbocycles. The van der Waals surface area contributed by atoms with Crippen LogP contribution in [0.3, 0.4) is 0 Å². The van der Waals surface area contributed by atoms with Crippen LogP contribution in [0.2, 0.25) is 5.02 Å². The van der Waals surface area contributed by atoms with E-state index < -0.39 is 0 Å². The van der Waals surface area contributed by atoms with Gasteiger partial charge in [0.15, 0.2) is 5.13 Å². The number of carbonyl (C=O) groups excluding carboxylic acids is 2. The minimum atomic E-state index is -0.258. The molecular weight excluding hydrogens is 451 g/mol. The first kappa shape index (κ1) is 22.2. The Balaban J connectivity index is 1.24. The fourth-order valence-corrected chi connectivity index (χ4v) is 4.41. The molecule has 1 aliphatic heterocycles. The normalized spacial score (nSPS) is 13.8. The van der Waals surface area contributed by atoms with Crippen molar-refractivity contribution < 1.29 is 14.0 Å². The summed E-state index contributed by atoms with van der Waals surface area (Å²) in [5.41, 5.74) is 1.84. The number of para-hydroxylation sites is 1. The highest BCUT2D eigenvalue weighted by Gasteiger charge is 2.22. The van der Waals surface area contributed by atoms with Crippen molar-refractivity contribution in [2.75, 3.05) is 36.4 Å². The zero-order valence-electron chi connectivity index (χ0n) is 17.3. The van der Waals surface area contributed by atoms with E-state index in [1.165, 1.54) is 17.4 Å². The Morgan fingerprint density at radius 2 is 1.78 bits per heavy atom. The molecule has 0 saturated carbocycles. The summed E-state index contributed by atoms with van der Waals surface area (Å²) in [6, 6.07) is 13.3. The Morgan fingerprint density at radius 1 is 1.06 bits per heavy atom. The predicted molar refractivity (Wildman–Crippen MR) is 125 cm³/mol. The van der Waals surface area contributed by atoms with Gasteiger partial charge in [-0.05, 0) is 42.8 Å². The van der Waals surface area contributed by atoms with Gasteiger partial charge in [-0.1, -0.05) is 23.7 Å². The van der Waals surface area contributed by atoms with Crippen LogP contribution in [0.1, 0.15) is 22.5 Å². The number of hydrogen-bond acceptors (Lipinski definition) is 5. The molecule has 2 aromatic carbocycles. The highest BCUT2D eigenvalue weighted by molar-refractivity contribution is 7.14. The molecule has 4 rings (SSSR count). The molecular formula is C23H22ClFN4O2S. The van der Waals surface area contributed by atoms with Gasteiger partial charge in [0, 0.05) is 48.6 Å². The van der Waals surface area contributed by atoms with E-state index in [0.29, 0.717) is 60.4 Å². The minimum Gasteiger partial charge on any atom is -0.366 e. The van der Waals surface area contributed by atoms with E-state index in [-0.39, 0.29) is 17.6 Å². The first-order valence-electron chi connectivity index (χ1n) is 10.3. The number of aryl methyl sites for hydroxylation is 1. The highest BCUT2D eigenvalue weighted by Crippen LogP contribution is 2.21. The van der Waals surface area contributed by atoms with Gasteiger partial charge in [-0.3, -0.25) is 14.9 Å². The summed E-state index contributed by atoms with van der Waals surface area (Å²) in [5.74, 6) is -0.445. The van der Waals surface area contributed by atoms with E-state index in [1.807, 2.05) is 21.2 Å². The molecule has 1 N–H and O–H groups in total. The number of rotatable bonds is 6. The quantitative estimate of drug-likeness (QED) is 0.575. The molecule has 0 atom stereocenters. The van der Waals surface area contributed by atoms with Gasteiger partial charge in [0.25, 0.3) is 5.91 Å². The number of amides is 2. The van der Waals surface area contributed by atoms with Crippen molar-refractivity contribution in [3.63, 3.8) is 0 Å². The third-order valence-corrected chi connectivity index (χ3v) is 6.36. The molecule has 0 spiro atoms. The van der Waals surface area contributed by atoms with Crippen LogP contribution in [-0.4, -0.2) is 47.9 Å². The number of halogens is 2. The summed E-state index contributed by atoms with van der Waals surface area (Å²) < 4.78 is 14.0. The van der Waals surface area contributed by atoms with Crippen molar-refractivity contribution in [3.8, 4) is 0 Å². The monoisotopic (exact) mass is 472 g/mol. The fourth-order valence-electron chi connectivity index (χ4n) is 3.55. The first-order chi connectivity index (χ1) is 15.5. The second-order valence-corrected chi connectivity index (χ2v) is 8.72. The van der Waals surface area contributed by atoms with E-state index in [0.717, 1.165) is 5.69 Å². The van der Waals surface area contributed by atoms with Gasteiger partial charge >= 0.3 is 0 Å². The van der Waals surface area contributed by atoms with E-state index >= 15 is 0 Å². The van der Waals surface area contributed by atoms with Crippen molar-refractivity contribution >= 4 is 45.6 Å². The van der Waals surface area contributed by atoms with E-state index in [9.17, 15) is 14.0 Å². The smallest absolute Gasteiger partial charge is 0.257 e. The second-order valence-electron chi connectivity index (χ2n) is 7.42. The van der Waals surface area contributed by atoms with Crippen molar-refractivity contribution in [1.82, 2.24) is 9.88 Å². The van der Waals surface area contributed by atoms with Crippen LogP contribution in [-0.2, 0) is 11.2 Å². The topological polar surface area (TPSA) is 65.5 Å². The first-order valence-corrected chi connectivity index (χ1v) is 11.5. The third-order valence-electron chi connectivity index (χ3n) is 5.30. The van der Waals surface area contributed by atoms with Crippen LogP contribution in [0.5, 0.6) is 0 Å². The number of aromatic nitrogens is 1. The lowest BCUT2D eigenvalue weighted by Gasteiger charge is -2.36. The number of nitrogens with one attached hydrogen (secondary N) is 1. The van der Waals surface area contributed by atoms with Crippen molar-refractivity contribution in [2.24, 2.45) is 0 Å². The van der Waals surface area contributed by atoms with Gasteiger partial charge in [-0.25, -0.2) is 9.37 Å². The summed E-state index contributed by atoms with van der Waals surface area (Å²) in [7, 11) is 0. The Labute approximate surface area is 194 Å². The molecule has 1 aromatic heterocycles. The molecule has 1 fully saturated rings. The highest BCUT2D eigenvalue weighted by atomic mass is 35.5. The Hall–Kier alpha value is -2.97. The third kappa shape index (κ3) is 5.44. The number of hydrogen-bond donors (Lipinski definition) is 1. The zero-order chi connectivity index (χ0) is 22.5.